The van der Waals surface area contributed by atoms with Crippen LogP contribution in [0, 0.1) is 11.6 Å². The van der Waals surface area contributed by atoms with Gasteiger partial charge in [-0.15, -0.1) is 0 Å². The maximum Gasteiger partial charge on any atom is 0.409 e. The summed E-state index contributed by atoms with van der Waals surface area (Å²) in [5.74, 6) is -1.14. The monoisotopic (exact) mass is 289 g/mol. The van der Waals surface area contributed by atoms with Crippen molar-refractivity contribution < 1.29 is 18.7 Å². The Kier molecular flexibility index (Phi) is 3.02. The molecule has 5 nitrogen and oxygen atoms in total. The quantitative estimate of drug-likeness (QED) is 0.760. The van der Waals surface area contributed by atoms with Gasteiger partial charge in [0.15, 0.2) is 0 Å². The fraction of sp³-hybridized carbons (Fsp3) is 0. The number of pyridine rings is 1. The predicted molar refractivity (Wildman–Crippen MR) is 72.2 cm³/mol. The number of amides is 1. The van der Waals surface area contributed by atoms with Crippen LogP contribution in [0.15, 0.2) is 42.7 Å². The van der Waals surface area contributed by atoms with Crippen molar-refractivity contribution in [2.24, 2.45) is 0 Å². The summed E-state index contributed by atoms with van der Waals surface area (Å²) in [6.07, 6.45) is 1.92. The second-order valence-electron chi connectivity index (χ2n) is 4.36. The van der Waals surface area contributed by atoms with Crippen molar-refractivity contribution in [2.75, 3.05) is 5.32 Å². The highest BCUT2D eigenvalue weighted by molar-refractivity contribution is 5.83. The molecule has 106 valence electrons. The van der Waals surface area contributed by atoms with Crippen molar-refractivity contribution in [3.63, 3.8) is 0 Å². The van der Waals surface area contributed by atoms with Gasteiger partial charge in [0.05, 0.1) is 5.69 Å². The number of nitrogens with zero attached hydrogens (tertiary/aromatic N) is 2. The van der Waals surface area contributed by atoms with Crippen LogP contribution >= 0.6 is 0 Å². The number of carboxylic acid groups (broad SMARTS) is 1. The fourth-order valence-electron chi connectivity index (χ4n) is 2.01. The van der Waals surface area contributed by atoms with E-state index in [1.807, 2.05) is 0 Å². The predicted octanol–water partition coefficient (Wildman–Crippen LogP) is 3.37. The molecule has 1 aromatic carbocycles. The molecule has 2 heterocycles. The number of halogens is 2. The highest BCUT2D eigenvalue weighted by Crippen LogP contribution is 2.24. The van der Waals surface area contributed by atoms with Crippen molar-refractivity contribution in [3.8, 4) is 11.3 Å². The van der Waals surface area contributed by atoms with Gasteiger partial charge in [0.25, 0.3) is 0 Å². The van der Waals surface area contributed by atoms with Gasteiger partial charge in [-0.1, -0.05) is 0 Å². The lowest BCUT2D eigenvalue weighted by molar-refractivity contribution is 0.210. The molecule has 0 spiro atoms. The van der Waals surface area contributed by atoms with Crippen LogP contribution in [0.5, 0.6) is 0 Å². The van der Waals surface area contributed by atoms with Gasteiger partial charge >= 0.3 is 6.09 Å². The summed E-state index contributed by atoms with van der Waals surface area (Å²) in [5.41, 5.74) is 1.07. The molecule has 7 heteroatoms. The maximum atomic E-state index is 13.7. The summed E-state index contributed by atoms with van der Waals surface area (Å²) in [7, 11) is 0. The standard InChI is InChI=1S/C14H9F2N3O2/c15-8-1-2-11(16)10(5-8)12-7-19-4-3-9(17-14(20)21)6-13(19)18-12/h1-7,17H,(H,20,21). The molecule has 0 saturated heterocycles. The largest absolute Gasteiger partial charge is 0.465 e. The molecule has 21 heavy (non-hydrogen) atoms. The molecule has 1 amide bonds. The van der Waals surface area contributed by atoms with Crippen molar-refractivity contribution in [2.45, 2.75) is 0 Å². The van der Waals surface area contributed by atoms with E-state index >= 15 is 0 Å². The van der Waals surface area contributed by atoms with Crippen LogP contribution in [-0.4, -0.2) is 20.6 Å². The summed E-state index contributed by atoms with van der Waals surface area (Å²) in [6.45, 7) is 0. The molecule has 3 rings (SSSR count). The number of imidazole rings is 1. The molecule has 0 fully saturated rings. The van der Waals surface area contributed by atoms with Gasteiger partial charge in [-0.3, -0.25) is 5.32 Å². The summed E-state index contributed by atoms with van der Waals surface area (Å²) >= 11 is 0. The van der Waals surface area contributed by atoms with Crippen molar-refractivity contribution in [1.29, 1.82) is 0 Å². The Labute approximate surface area is 117 Å². The lowest BCUT2D eigenvalue weighted by Gasteiger charge is -2.00. The SMILES string of the molecule is O=C(O)Nc1ccn2cc(-c3cc(F)ccc3F)nc2c1. The highest BCUT2D eigenvalue weighted by Gasteiger charge is 2.11. The zero-order valence-electron chi connectivity index (χ0n) is 10.5. The van der Waals surface area contributed by atoms with Crippen molar-refractivity contribution >= 4 is 17.4 Å². The second kappa shape index (κ2) is 4.86. The number of rotatable bonds is 2. The first-order valence-corrected chi connectivity index (χ1v) is 5.97. The maximum absolute atomic E-state index is 13.7. The molecule has 0 radical (unpaired) electrons. The minimum absolute atomic E-state index is 0.0476. The number of hydrogen-bond acceptors (Lipinski definition) is 2. The molecule has 3 aromatic rings. The lowest BCUT2D eigenvalue weighted by Crippen LogP contribution is -2.07. The van der Waals surface area contributed by atoms with Crippen LogP contribution < -0.4 is 5.32 Å². The van der Waals surface area contributed by atoms with Gasteiger partial charge in [-0.05, 0) is 24.3 Å². The Morgan fingerprint density at radius 2 is 2.05 bits per heavy atom. The van der Waals surface area contributed by atoms with Crippen LogP contribution in [0.25, 0.3) is 16.9 Å². The van der Waals surface area contributed by atoms with E-state index in [0.717, 1.165) is 18.2 Å². The van der Waals surface area contributed by atoms with Gasteiger partial charge < -0.3 is 9.51 Å². The van der Waals surface area contributed by atoms with Gasteiger partial charge in [0.2, 0.25) is 0 Å². The molecular weight excluding hydrogens is 280 g/mol. The molecular formula is C14H9F2N3O2. The normalized spacial score (nSPS) is 10.8. The van der Waals surface area contributed by atoms with E-state index in [1.54, 1.807) is 10.6 Å². The summed E-state index contributed by atoms with van der Waals surface area (Å²) < 4.78 is 28.5. The molecule has 2 N–H and O–H groups in total. The Hall–Kier alpha value is -2.96. The van der Waals surface area contributed by atoms with Crippen molar-refractivity contribution in [3.05, 3.63) is 54.4 Å². The minimum atomic E-state index is -1.19. The van der Waals surface area contributed by atoms with Crippen LogP contribution in [-0.2, 0) is 0 Å². The van der Waals surface area contributed by atoms with Gasteiger partial charge in [-0.2, -0.15) is 0 Å². The third-order valence-corrected chi connectivity index (χ3v) is 2.92. The number of aromatic nitrogens is 2. The Morgan fingerprint density at radius 3 is 2.81 bits per heavy atom. The summed E-state index contributed by atoms with van der Waals surface area (Å²) in [4.78, 5) is 14.8. The van der Waals surface area contributed by atoms with E-state index in [0.29, 0.717) is 11.3 Å². The molecule has 0 saturated carbocycles. The molecule has 2 aromatic heterocycles. The second-order valence-corrected chi connectivity index (χ2v) is 4.36. The van der Waals surface area contributed by atoms with E-state index in [4.69, 9.17) is 5.11 Å². The molecule has 0 unspecified atom stereocenters. The lowest BCUT2D eigenvalue weighted by atomic mass is 10.1. The van der Waals surface area contributed by atoms with Crippen LogP contribution in [0.3, 0.4) is 0 Å². The Bertz CT molecular complexity index is 845. The zero-order chi connectivity index (χ0) is 15.0. The van der Waals surface area contributed by atoms with E-state index in [2.05, 4.69) is 10.3 Å². The van der Waals surface area contributed by atoms with Gasteiger partial charge in [0, 0.05) is 29.7 Å². The number of nitrogens with one attached hydrogen (secondary N) is 1. The number of benzene rings is 1. The first kappa shape index (κ1) is 13.0. The number of hydrogen-bond donors (Lipinski definition) is 2. The van der Waals surface area contributed by atoms with E-state index in [-0.39, 0.29) is 11.3 Å². The van der Waals surface area contributed by atoms with E-state index in [9.17, 15) is 13.6 Å². The van der Waals surface area contributed by atoms with Crippen molar-refractivity contribution in [1.82, 2.24) is 9.38 Å². The third kappa shape index (κ3) is 2.53. The zero-order valence-corrected chi connectivity index (χ0v) is 10.5. The van der Waals surface area contributed by atoms with Crippen LogP contribution in [0.2, 0.25) is 0 Å². The molecule has 0 bridgehead atoms. The van der Waals surface area contributed by atoms with E-state index < -0.39 is 17.7 Å². The highest BCUT2D eigenvalue weighted by atomic mass is 19.1. The summed E-state index contributed by atoms with van der Waals surface area (Å²) in [6, 6.07) is 6.16. The molecule has 0 aliphatic carbocycles. The minimum Gasteiger partial charge on any atom is -0.465 e. The van der Waals surface area contributed by atoms with Crippen LogP contribution in [0.4, 0.5) is 19.3 Å². The van der Waals surface area contributed by atoms with Gasteiger partial charge in [-0.25, -0.2) is 18.6 Å². The topological polar surface area (TPSA) is 66.6 Å². The molecule has 0 atom stereocenters. The Morgan fingerprint density at radius 1 is 1.24 bits per heavy atom. The van der Waals surface area contributed by atoms with Gasteiger partial charge in [0.1, 0.15) is 17.3 Å². The first-order chi connectivity index (χ1) is 10.0. The number of anilines is 1. The average Bonchev–Trinajstić information content (AvgIpc) is 2.83. The smallest absolute Gasteiger partial charge is 0.409 e. The number of carbonyl (C=O) groups is 1. The fourth-order valence-corrected chi connectivity index (χ4v) is 2.01. The van der Waals surface area contributed by atoms with E-state index in [1.165, 1.54) is 18.3 Å². The molecule has 0 aliphatic heterocycles. The van der Waals surface area contributed by atoms with Crippen LogP contribution in [0.1, 0.15) is 0 Å². The summed E-state index contributed by atoms with van der Waals surface area (Å²) in [5, 5.41) is 10.9. The average molecular weight is 289 g/mol. The Balaban J connectivity index is 2.08. The first-order valence-electron chi connectivity index (χ1n) is 5.97. The molecule has 0 aliphatic rings. The third-order valence-electron chi connectivity index (χ3n) is 2.92. The number of fused-ring (bicyclic) bond motifs is 1.